The van der Waals surface area contributed by atoms with Crippen molar-refractivity contribution in [1.29, 1.82) is 0 Å². The molecule has 0 saturated carbocycles. The van der Waals surface area contributed by atoms with Gasteiger partial charge in [0.1, 0.15) is 0 Å². The van der Waals surface area contributed by atoms with Gasteiger partial charge in [0.2, 0.25) is 0 Å². The third kappa shape index (κ3) is 3.69. The van der Waals surface area contributed by atoms with E-state index in [1.54, 1.807) is 0 Å². The largest absolute Gasteiger partial charge is 0.453 e. The first kappa shape index (κ1) is 22.5. The molecule has 40 heavy (non-hydrogen) atoms. The zero-order valence-electron chi connectivity index (χ0n) is 21.5. The Balaban J connectivity index is 1.36. The monoisotopic (exact) mass is 513 g/mol. The lowest BCUT2D eigenvalue weighted by Gasteiger charge is -2.32. The smallest absolute Gasteiger partial charge is 0.160 e. The Morgan fingerprint density at radius 3 is 1.95 bits per heavy atom. The predicted molar refractivity (Wildman–Crippen MR) is 163 cm³/mol. The van der Waals surface area contributed by atoms with Crippen LogP contribution in [0.3, 0.4) is 0 Å². The average Bonchev–Trinajstić information content (AvgIpc) is 3.03. The van der Waals surface area contributed by atoms with E-state index < -0.39 is 0 Å². The van der Waals surface area contributed by atoms with Crippen LogP contribution in [0.2, 0.25) is 0 Å². The van der Waals surface area contributed by atoms with Crippen molar-refractivity contribution in [3.8, 4) is 34.1 Å². The van der Waals surface area contributed by atoms with Crippen molar-refractivity contribution in [3.05, 3.63) is 140 Å². The molecule has 6 aromatic carbocycles. The molecule has 188 valence electrons. The maximum atomic E-state index is 6.24. The molecule has 0 bridgehead atoms. The van der Waals surface area contributed by atoms with Crippen LogP contribution < -0.4 is 9.64 Å². The van der Waals surface area contributed by atoms with Gasteiger partial charge in [-0.3, -0.25) is 0 Å². The molecule has 1 aliphatic heterocycles. The molecule has 0 saturated heterocycles. The predicted octanol–water partition coefficient (Wildman–Crippen LogP) is 9.69. The molecule has 4 nitrogen and oxygen atoms in total. The summed E-state index contributed by atoms with van der Waals surface area (Å²) < 4.78 is 6.24. The van der Waals surface area contributed by atoms with Gasteiger partial charge in [-0.25, -0.2) is 9.97 Å². The van der Waals surface area contributed by atoms with Gasteiger partial charge in [0, 0.05) is 22.2 Å². The number of nitrogens with zero attached hydrogens (tertiary/aromatic N) is 3. The van der Waals surface area contributed by atoms with Crippen LogP contribution >= 0.6 is 0 Å². The lowest BCUT2D eigenvalue weighted by Crippen LogP contribution is -2.15. The molecule has 0 atom stereocenters. The molecule has 0 radical (unpaired) electrons. The summed E-state index contributed by atoms with van der Waals surface area (Å²) in [5.74, 6) is 2.36. The molecule has 8 rings (SSSR count). The van der Waals surface area contributed by atoms with Crippen LogP contribution in [0.1, 0.15) is 0 Å². The molecule has 0 N–H and O–H groups in total. The highest BCUT2D eigenvalue weighted by molar-refractivity contribution is 5.98. The maximum absolute atomic E-state index is 6.24. The van der Waals surface area contributed by atoms with Crippen molar-refractivity contribution in [2.24, 2.45) is 0 Å². The first-order valence-electron chi connectivity index (χ1n) is 13.3. The SMILES string of the molecule is c1ccc(-c2nc(-c3ccc4ccccc4c3)nc3cc(N4c5ccccc5Oc5ccccc54)ccc23)cc1. The van der Waals surface area contributed by atoms with Gasteiger partial charge < -0.3 is 9.64 Å². The van der Waals surface area contributed by atoms with E-state index in [1.807, 2.05) is 42.5 Å². The summed E-state index contributed by atoms with van der Waals surface area (Å²) in [6, 6.07) is 47.8. The second kappa shape index (κ2) is 9.07. The van der Waals surface area contributed by atoms with Crippen molar-refractivity contribution < 1.29 is 4.74 Å². The van der Waals surface area contributed by atoms with Gasteiger partial charge in [0.15, 0.2) is 17.3 Å². The number of ether oxygens (including phenoxy) is 1. The number of hydrogen-bond acceptors (Lipinski definition) is 4. The van der Waals surface area contributed by atoms with E-state index in [0.717, 1.165) is 56.3 Å². The Hall–Kier alpha value is -5.48. The van der Waals surface area contributed by atoms with Crippen LogP contribution in [-0.4, -0.2) is 9.97 Å². The van der Waals surface area contributed by atoms with Gasteiger partial charge in [-0.15, -0.1) is 0 Å². The van der Waals surface area contributed by atoms with Crippen LogP contribution in [0, 0.1) is 0 Å². The third-order valence-corrected chi connectivity index (χ3v) is 7.43. The number of aromatic nitrogens is 2. The number of benzene rings is 6. The molecule has 0 spiro atoms. The highest BCUT2D eigenvalue weighted by atomic mass is 16.5. The van der Waals surface area contributed by atoms with Crippen molar-refractivity contribution in [2.75, 3.05) is 4.90 Å². The molecule has 4 heteroatoms. The van der Waals surface area contributed by atoms with Gasteiger partial charge in [0.25, 0.3) is 0 Å². The summed E-state index contributed by atoms with van der Waals surface area (Å²) in [5.41, 5.74) is 6.86. The number of rotatable bonds is 3. The van der Waals surface area contributed by atoms with E-state index in [0.29, 0.717) is 5.82 Å². The van der Waals surface area contributed by atoms with Crippen LogP contribution in [-0.2, 0) is 0 Å². The fourth-order valence-corrected chi connectivity index (χ4v) is 5.51. The van der Waals surface area contributed by atoms with Crippen molar-refractivity contribution in [1.82, 2.24) is 9.97 Å². The first-order chi connectivity index (χ1) is 19.8. The lowest BCUT2D eigenvalue weighted by molar-refractivity contribution is 0.477. The zero-order valence-corrected chi connectivity index (χ0v) is 21.5. The summed E-state index contributed by atoms with van der Waals surface area (Å²) in [4.78, 5) is 12.5. The fraction of sp³-hybridized carbons (Fsp3) is 0. The molecule has 1 aromatic heterocycles. The second-order valence-electron chi connectivity index (χ2n) is 9.90. The van der Waals surface area contributed by atoms with Gasteiger partial charge in [0.05, 0.1) is 22.6 Å². The highest BCUT2D eigenvalue weighted by Gasteiger charge is 2.25. The number of anilines is 3. The normalized spacial score (nSPS) is 12.2. The Morgan fingerprint density at radius 1 is 0.500 bits per heavy atom. The van der Waals surface area contributed by atoms with Crippen molar-refractivity contribution in [2.45, 2.75) is 0 Å². The van der Waals surface area contributed by atoms with Gasteiger partial charge in [-0.05, 0) is 59.3 Å². The zero-order chi connectivity index (χ0) is 26.5. The standard InChI is InChI=1S/C36H23N3O/c1-2-11-25(12-3-1)35-29-21-20-28(39-31-14-6-8-16-33(31)40-34-17-9-7-15-32(34)39)23-30(29)37-36(38-35)27-19-18-24-10-4-5-13-26(24)22-27/h1-23H. The van der Waals surface area contributed by atoms with Crippen molar-refractivity contribution in [3.63, 3.8) is 0 Å². The second-order valence-corrected chi connectivity index (χ2v) is 9.90. The summed E-state index contributed by atoms with van der Waals surface area (Å²) >= 11 is 0. The van der Waals surface area contributed by atoms with E-state index >= 15 is 0 Å². The Morgan fingerprint density at radius 2 is 1.18 bits per heavy atom. The Bertz CT molecular complexity index is 2010. The van der Waals surface area contributed by atoms with E-state index in [2.05, 4.69) is 102 Å². The van der Waals surface area contributed by atoms with Crippen LogP contribution in [0.25, 0.3) is 44.3 Å². The van der Waals surface area contributed by atoms with Crippen LogP contribution in [0.15, 0.2) is 140 Å². The third-order valence-electron chi connectivity index (χ3n) is 7.43. The molecule has 2 heterocycles. The summed E-state index contributed by atoms with van der Waals surface area (Å²) in [6.45, 7) is 0. The molecule has 1 aliphatic rings. The van der Waals surface area contributed by atoms with Gasteiger partial charge >= 0.3 is 0 Å². The molecule has 0 aliphatic carbocycles. The minimum Gasteiger partial charge on any atom is -0.453 e. The summed E-state index contributed by atoms with van der Waals surface area (Å²) in [6.07, 6.45) is 0. The Kier molecular flexibility index (Phi) is 5.10. The van der Waals surface area contributed by atoms with E-state index in [-0.39, 0.29) is 0 Å². The molecule has 0 fully saturated rings. The molecular weight excluding hydrogens is 490 g/mol. The fourth-order valence-electron chi connectivity index (χ4n) is 5.51. The average molecular weight is 514 g/mol. The number of para-hydroxylation sites is 4. The molecule has 0 unspecified atom stereocenters. The minimum atomic E-state index is 0.706. The first-order valence-corrected chi connectivity index (χ1v) is 13.3. The van der Waals surface area contributed by atoms with E-state index in [9.17, 15) is 0 Å². The van der Waals surface area contributed by atoms with E-state index in [4.69, 9.17) is 14.7 Å². The Labute approximate surface area is 231 Å². The quantitative estimate of drug-likeness (QED) is 0.236. The molecular formula is C36H23N3O. The number of hydrogen-bond donors (Lipinski definition) is 0. The summed E-state index contributed by atoms with van der Waals surface area (Å²) in [7, 11) is 0. The maximum Gasteiger partial charge on any atom is 0.160 e. The van der Waals surface area contributed by atoms with Crippen molar-refractivity contribution >= 4 is 38.7 Å². The molecule has 7 aromatic rings. The molecule has 0 amide bonds. The number of fused-ring (bicyclic) bond motifs is 4. The summed E-state index contributed by atoms with van der Waals surface area (Å²) in [5, 5.41) is 3.37. The topological polar surface area (TPSA) is 38.2 Å². The van der Waals surface area contributed by atoms with Crippen LogP contribution in [0.5, 0.6) is 11.5 Å². The van der Waals surface area contributed by atoms with Gasteiger partial charge in [-0.1, -0.05) is 91.0 Å². The van der Waals surface area contributed by atoms with Gasteiger partial charge in [-0.2, -0.15) is 0 Å². The minimum absolute atomic E-state index is 0.706. The van der Waals surface area contributed by atoms with Crippen LogP contribution in [0.4, 0.5) is 17.1 Å². The van der Waals surface area contributed by atoms with E-state index in [1.165, 1.54) is 10.8 Å². The highest BCUT2D eigenvalue weighted by Crippen LogP contribution is 2.50. The lowest BCUT2D eigenvalue weighted by atomic mass is 10.0.